The number of ketones is 1. The van der Waals surface area contributed by atoms with E-state index < -0.39 is 27.2 Å². The lowest BCUT2D eigenvalue weighted by Crippen LogP contribution is -2.32. The van der Waals surface area contributed by atoms with Gasteiger partial charge in [0.15, 0.2) is 0 Å². The number of nitrogens with one attached hydrogen (secondary N) is 1. The quantitative estimate of drug-likeness (QED) is 0.321. The van der Waals surface area contributed by atoms with Gasteiger partial charge in [-0.05, 0) is 78.9 Å². The van der Waals surface area contributed by atoms with E-state index in [0.717, 1.165) is 16.7 Å². The number of aromatic hydroxyl groups is 1. The minimum absolute atomic E-state index is 0.0680. The molecule has 1 fully saturated rings. The molecule has 3 atom stereocenters. The van der Waals surface area contributed by atoms with Gasteiger partial charge < -0.3 is 14.6 Å². The van der Waals surface area contributed by atoms with E-state index in [1.165, 1.54) is 18.2 Å². The molecule has 0 heterocycles. The molecule has 8 heteroatoms. The van der Waals surface area contributed by atoms with Crippen LogP contribution in [-0.4, -0.2) is 30.5 Å². The summed E-state index contributed by atoms with van der Waals surface area (Å²) in [5, 5.41) is 11.6. The van der Waals surface area contributed by atoms with E-state index in [1.54, 1.807) is 54.6 Å². The lowest BCUT2D eigenvalue weighted by Gasteiger charge is -2.26. The van der Waals surface area contributed by atoms with Crippen molar-refractivity contribution in [3.05, 3.63) is 102 Å². The summed E-state index contributed by atoms with van der Waals surface area (Å²) in [6.07, 6.45) is 1.63. The lowest BCUT2D eigenvalue weighted by atomic mass is 9.83. The van der Waals surface area contributed by atoms with Crippen molar-refractivity contribution in [3.8, 4) is 11.5 Å². The molecule has 2 aliphatic carbocycles. The van der Waals surface area contributed by atoms with Crippen LogP contribution in [0.4, 0.5) is 5.69 Å². The van der Waals surface area contributed by atoms with Gasteiger partial charge in [0.2, 0.25) is 5.91 Å². The summed E-state index contributed by atoms with van der Waals surface area (Å²) >= 11 is 0. The van der Waals surface area contributed by atoms with Crippen LogP contribution in [0.1, 0.15) is 31.4 Å². The average molecular weight is 530 g/mol. The summed E-state index contributed by atoms with van der Waals surface area (Å²) in [4.78, 5) is 25.7. The summed E-state index contributed by atoms with van der Waals surface area (Å²) < 4.78 is 32.1. The first-order chi connectivity index (χ1) is 18.1. The zero-order valence-corrected chi connectivity index (χ0v) is 21.7. The second-order valence-corrected chi connectivity index (χ2v) is 11.5. The zero-order chi connectivity index (χ0) is 27.0. The van der Waals surface area contributed by atoms with Gasteiger partial charge in [-0.25, -0.2) is 0 Å². The number of para-hydroxylation sites is 1. The van der Waals surface area contributed by atoms with Crippen molar-refractivity contribution in [2.75, 3.05) is 5.32 Å². The third-order valence-corrected chi connectivity index (χ3v) is 8.46. The fourth-order valence-electron chi connectivity index (χ4n) is 5.29. The van der Waals surface area contributed by atoms with E-state index in [1.807, 2.05) is 26.0 Å². The molecule has 0 aliphatic heterocycles. The van der Waals surface area contributed by atoms with Gasteiger partial charge in [-0.15, -0.1) is 0 Å². The summed E-state index contributed by atoms with van der Waals surface area (Å²) in [5.74, 6) is -1.64. The largest absolute Gasteiger partial charge is 0.508 e. The molecule has 5 rings (SSSR count). The van der Waals surface area contributed by atoms with Crippen LogP contribution in [0.15, 0.2) is 90.5 Å². The van der Waals surface area contributed by atoms with E-state index in [9.17, 15) is 23.1 Å². The monoisotopic (exact) mass is 529 g/mol. The van der Waals surface area contributed by atoms with Crippen LogP contribution in [-0.2, 0) is 19.7 Å². The molecule has 0 spiro atoms. The van der Waals surface area contributed by atoms with Gasteiger partial charge in [0.05, 0.1) is 5.92 Å². The van der Waals surface area contributed by atoms with Crippen LogP contribution in [0.2, 0.25) is 0 Å². The molecular formula is C30H27NO6S. The van der Waals surface area contributed by atoms with Crippen molar-refractivity contribution in [2.45, 2.75) is 25.5 Å². The van der Waals surface area contributed by atoms with Crippen LogP contribution in [0.3, 0.4) is 0 Å². The minimum atomic E-state index is -4.12. The van der Waals surface area contributed by atoms with Crippen molar-refractivity contribution in [3.63, 3.8) is 0 Å². The number of amides is 1. The molecule has 2 bridgehead atoms. The highest BCUT2D eigenvalue weighted by Gasteiger charge is 2.58. The highest BCUT2D eigenvalue weighted by atomic mass is 32.2. The first kappa shape index (κ1) is 25.5. The first-order valence-electron chi connectivity index (χ1n) is 12.3. The Morgan fingerprint density at radius 1 is 0.921 bits per heavy atom. The Kier molecular flexibility index (Phi) is 6.67. The summed E-state index contributed by atoms with van der Waals surface area (Å²) in [5.41, 5.74) is 4.31. The number of fused-ring (bicyclic) bond motifs is 2. The molecular weight excluding hydrogens is 502 g/mol. The zero-order valence-electron chi connectivity index (χ0n) is 20.9. The second-order valence-electron chi connectivity index (χ2n) is 9.76. The number of hydrogen-bond acceptors (Lipinski definition) is 6. The molecule has 38 heavy (non-hydrogen) atoms. The number of rotatable bonds is 7. The molecule has 0 saturated heterocycles. The Hall–Kier alpha value is -4.17. The van der Waals surface area contributed by atoms with Crippen LogP contribution in [0.5, 0.6) is 11.5 Å². The van der Waals surface area contributed by atoms with Gasteiger partial charge in [0.25, 0.3) is 0 Å². The van der Waals surface area contributed by atoms with Crippen LogP contribution in [0, 0.1) is 11.8 Å². The van der Waals surface area contributed by atoms with Crippen molar-refractivity contribution in [1.82, 2.24) is 0 Å². The average Bonchev–Trinajstić information content (AvgIpc) is 3.35. The maximum absolute atomic E-state index is 13.6. The predicted molar refractivity (Wildman–Crippen MR) is 146 cm³/mol. The third kappa shape index (κ3) is 4.87. The molecule has 3 unspecified atom stereocenters. The summed E-state index contributed by atoms with van der Waals surface area (Å²) in [6, 6.07) is 21.8. The standard InChI is InChI=1S/C30H27NO6S/c1-18(2)16-26(33)31-21-12-8-19(9-13-21)27-24-17-25(38(35,36)37-23-6-4-3-5-7-23)29(30(24)34)28(27)20-10-14-22(32)15-11-20/h3-16,24-25,29,32H,17H2,1-2H3,(H,31,33). The number of allylic oxidation sites excluding steroid dienone is 3. The van der Waals surface area contributed by atoms with E-state index in [2.05, 4.69) is 5.32 Å². The van der Waals surface area contributed by atoms with Gasteiger partial charge >= 0.3 is 10.1 Å². The Morgan fingerprint density at radius 2 is 1.53 bits per heavy atom. The number of Topliss-reactive ketones (excluding diaryl/α,β-unsaturated/α-hetero) is 1. The van der Waals surface area contributed by atoms with E-state index in [-0.39, 0.29) is 29.6 Å². The van der Waals surface area contributed by atoms with Crippen molar-refractivity contribution in [2.24, 2.45) is 11.8 Å². The number of hydrogen-bond donors (Lipinski definition) is 2. The smallest absolute Gasteiger partial charge is 0.313 e. The number of carbonyl (C=O) groups is 2. The number of anilines is 1. The highest BCUT2D eigenvalue weighted by molar-refractivity contribution is 7.87. The molecule has 0 aromatic heterocycles. The highest BCUT2D eigenvalue weighted by Crippen LogP contribution is 2.56. The molecule has 1 amide bonds. The summed E-state index contributed by atoms with van der Waals surface area (Å²) in [7, 11) is -4.12. The fourth-order valence-corrected chi connectivity index (χ4v) is 6.83. The number of phenols is 1. The molecule has 3 aromatic rings. The molecule has 0 radical (unpaired) electrons. The Labute approximate surface area is 221 Å². The van der Waals surface area contributed by atoms with E-state index >= 15 is 0 Å². The SMILES string of the molecule is CC(C)=CC(=O)Nc1ccc(C2=C(c3ccc(O)cc3)C3C(=O)C2CC3S(=O)(=O)Oc2ccccc2)cc1. The third-order valence-electron chi connectivity index (χ3n) is 6.83. The molecule has 194 valence electrons. The normalized spacial score (nSPS) is 20.4. The Morgan fingerprint density at radius 3 is 2.16 bits per heavy atom. The second kappa shape index (κ2) is 9.95. The minimum Gasteiger partial charge on any atom is -0.508 e. The number of benzene rings is 3. The van der Waals surface area contributed by atoms with Gasteiger partial charge in [-0.3, -0.25) is 9.59 Å². The van der Waals surface area contributed by atoms with Crippen LogP contribution in [0.25, 0.3) is 11.1 Å². The van der Waals surface area contributed by atoms with Crippen molar-refractivity contribution in [1.29, 1.82) is 0 Å². The van der Waals surface area contributed by atoms with E-state index in [4.69, 9.17) is 4.18 Å². The maximum atomic E-state index is 13.6. The summed E-state index contributed by atoms with van der Waals surface area (Å²) in [6.45, 7) is 3.68. The number of carbonyl (C=O) groups excluding carboxylic acids is 2. The van der Waals surface area contributed by atoms with Crippen molar-refractivity contribution < 1.29 is 27.3 Å². The lowest BCUT2D eigenvalue weighted by molar-refractivity contribution is -0.120. The predicted octanol–water partition coefficient (Wildman–Crippen LogP) is 5.20. The molecule has 3 aromatic carbocycles. The van der Waals surface area contributed by atoms with Gasteiger partial charge in [-0.2, -0.15) is 8.42 Å². The molecule has 2 aliphatic rings. The topological polar surface area (TPSA) is 110 Å². The molecule has 7 nitrogen and oxygen atoms in total. The van der Waals surface area contributed by atoms with Crippen LogP contribution < -0.4 is 9.50 Å². The fraction of sp³-hybridized carbons (Fsp3) is 0.200. The van der Waals surface area contributed by atoms with Gasteiger partial charge in [0.1, 0.15) is 22.5 Å². The van der Waals surface area contributed by atoms with Crippen LogP contribution >= 0.6 is 0 Å². The molecule has 2 N–H and O–H groups in total. The van der Waals surface area contributed by atoms with Gasteiger partial charge in [-0.1, -0.05) is 48.0 Å². The maximum Gasteiger partial charge on any atom is 0.313 e. The van der Waals surface area contributed by atoms with Gasteiger partial charge in [0, 0.05) is 17.7 Å². The van der Waals surface area contributed by atoms with Crippen molar-refractivity contribution >= 4 is 38.6 Å². The van der Waals surface area contributed by atoms with E-state index in [0.29, 0.717) is 16.8 Å². The Bertz CT molecular complexity index is 1550. The Balaban J connectivity index is 1.54. The molecule has 1 saturated carbocycles. The number of phenolic OH excluding ortho intramolecular Hbond substituents is 1. The first-order valence-corrected chi connectivity index (χ1v) is 13.7.